The van der Waals surface area contributed by atoms with E-state index in [0.29, 0.717) is 11.4 Å². The second-order valence-electron chi connectivity index (χ2n) is 5.96. The van der Waals surface area contributed by atoms with Gasteiger partial charge in [0.1, 0.15) is 0 Å². The van der Waals surface area contributed by atoms with Gasteiger partial charge < -0.3 is 9.64 Å². The third-order valence-corrected chi connectivity index (χ3v) is 4.41. The van der Waals surface area contributed by atoms with Crippen LogP contribution < -0.4 is 4.74 Å². The van der Waals surface area contributed by atoms with E-state index in [-0.39, 0.29) is 5.91 Å². The summed E-state index contributed by atoms with van der Waals surface area (Å²) in [5.74, 6) is 0.574. The molecule has 1 amide bonds. The largest absolute Gasteiger partial charge is 0.481 e. The Morgan fingerprint density at radius 1 is 1.08 bits per heavy atom. The topological polar surface area (TPSA) is 45.7 Å². The Bertz CT molecular complexity index is 650. The number of nitrogens with zero attached hydrogens (tertiary/aromatic N) is 3. The number of piperazine rings is 1. The molecule has 1 aromatic carbocycles. The molecule has 0 saturated carbocycles. The molecule has 0 N–H and O–H groups in total. The summed E-state index contributed by atoms with van der Waals surface area (Å²) in [5, 5.41) is 0. The summed E-state index contributed by atoms with van der Waals surface area (Å²) < 4.78 is 5.03. The third kappa shape index (κ3) is 4.11. The van der Waals surface area contributed by atoms with Crippen LogP contribution in [-0.4, -0.2) is 60.5 Å². The third-order valence-electron chi connectivity index (χ3n) is 4.41. The quantitative estimate of drug-likeness (QED) is 0.844. The zero-order valence-electron chi connectivity index (χ0n) is 14.0. The van der Waals surface area contributed by atoms with Gasteiger partial charge in [-0.3, -0.25) is 9.69 Å². The predicted molar refractivity (Wildman–Crippen MR) is 93.3 cm³/mol. The molecule has 2 heterocycles. The Hall–Kier alpha value is -2.40. The van der Waals surface area contributed by atoms with E-state index in [1.807, 2.05) is 11.0 Å². The Kier molecular flexibility index (Phi) is 5.43. The van der Waals surface area contributed by atoms with Gasteiger partial charge in [0.25, 0.3) is 5.91 Å². The molecule has 1 aliphatic heterocycles. The van der Waals surface area contributed by atoms with E-state index in [4.69, 9.17) is 4.74 Å². The smallest absolute Gasteiger partial charge is 0.255 e. The molecule has 0 aliphatic carbocycles. The fraction of sp³-hybridized carbons (Fsp3) is 0.368. The molecular weight excluding hydrogens is 302 g/mol. The molecular formula is C19H23N3O2. The van der Waals surface area contributed by atoms with Crippen molar-refractivity contribution in [3.8, 4) is 5.88 Å². The number of hydrogen-bond acceptors (Lipinski definition) is 4. The summed E-state index contributed by atoms with van der Waals surface area (Å²) in [6.07, 6.45) is 2.64. The molecule has 1 saturated heterocycles. The van der Waals surface area contributed by atoms with Crippen molar-refractivity contribution in [2.75, 3.05) is 39.8 Å². The summed E-state index contributed by atoms with van der Waals surface area (Å²) in [6, 6.07) is 14.0. The summed E-state index contributed by atoms with van der Waals surface area (Å²) in [6.45, 7) is 4.40. The zero-order valence-corrected chi connectivity index (χ0v) is 14.0. The van der Waals surface area contributed by atoms with Crippen LogP contribution in [0.15, 0.2) is 48.7 Å². The van der Waals surface area contributed by atoms with Gasteiger partial charge in [-0.05, 0) is 18.1 Å². The van der Waals surface area contributed by atoms with Crippen molar-refractivity contribution in [3.63, 3.8) is 0 Å². The standard InChI is InChI=1S/C19H23N3O2/c1-24-18-8-7-17(15-20-18)19(23)22-13-11-21(12-14-22)10-9-16-5-3-2-4-6-16/h2-8,15H,9-14H2,1H3. The second-order valence-corrected chi connectivity index (χ2v) is 5.96. The minimum atomic E-state index is 0.0489. The summed E-state index contributed by atoms with van der Waals surface area (Å²) >= 11 is 0. The van der Waals surface area contributed by atoms with Crippen molar-refractivity contribution in [2.45, 2.75) is 6.42 Å². The highest BCUT2D eigenvalue weighted by molar-refractivity contribution is 5.94. The van der Waals surface area contributed by atoms with Crippen LogP contribution in [0.1, 0.15) is 15.9 Å². The molecule has 1 aromatic heterocycles. The van der Waals surface area contributed by atoms with Crippen LogP contribution in [0.2, 0.25) is 0 Å². The molecule has 5 heteroatoms. The zero-order chi connectivity index (χ0) is 16.8. The number of aromatic nitrogens is 1. The first-order valence-electron chi connectivity index (χ1n) is 8.32. The van der Waals surface area contributed by atoms with E-state index in [0.717, 1.165) is 39.1 Å². The van der Waals surface area contributed by atoms with Gasteiger partial charge in [-0.1, -0.05) is 30.3 Å². The molecule has 0 unspecified atom stereocenters. The number of rotatable bonds is 5. The van der Waals surface area contributed by atoms with Crippen molar-refractivity contribution in [1.82, 2.24) is 14.8 Å². The number of pyridine rings is 1. The summed E-state index contributed by atoms with van der Waals surface area (Å²) in [7, 11) is 1.57. The molecule has 2 aromatic rings. The van der Waals surface area contributed by atoms with E-state index in [2.05, 4.69) is 34.1 Å². The number of ether oxygens (including phenoxy) is 1. The maximum absolute atomic E-state index is 12.5. The van der Waals surface area contributed by atoms with E-state index in [1.54, 1.807) is 25.4 Å². The Morgan fingerprint density at radius 3 is 2.46 bits per heavy atom. The lowest BCUT2D eigenvalue weighted by Crippen LogP contribution is -2.49. The molecule has 24 heavy (non-hydrogen) atoms. The normalized spacial score (nSPS) is 15.3. The van der Waals surface area contributed by atoms with Gasteiger partial charge in [0.2, 0.25) is 5.88 Å². The molecule has 0 bridgehead atoms. The molecule has 126 valence electrons. The van der Waals surface area contributed by atoms with Gasteiger partial charge >= 0.3 is 0 Å². The van der Waals surface area contributed by atoms with Crippen LogP contribution in [0.4, 0.5) is 0 Å². The first-order valence-corrected chi connectivity index (χ1v) is 8.32. The molecule has 1 aliphatic rings. The van der Waals surface area contributed by atoms with Gasteiger partial charge in [-0.2, -0.15) is 0 Å². The fourth-order valence-corrected chi connectivity index (χ4v) is 2.92. The minimum absolute atomic E-state index is 0.0489. The van der Waals surface area contributed by atoms with Crippen LogP contribution in [0.3, 0.4) is 0 Å². The molecule has 0 atom stereocenters. The van der Waals surface area contributed by atoms with Crippen molar-refractivity contribution >= 4 is 5.91 Å². The van der Waals surface area contributed by atoms with Crippen LogP contribution in [0.5, 0.6) is 5.88 Å². The lowest BCUT2D eigenvalue weighted by molar-refractivity contribution is 0.0638. The molecule has 1 fully saturated rings. The van der Waals surface area contributed by atoms with Crippen LogP contribution in [0.25, 0.3) is 0 Å². The number of methoxy groups -OCH3 is 1. The summed E-state index contributed by atoms with van der Waals surface area (Å²) in [5.41, 5.74) is 1.98. The van der Waals surface area contributed by atoms with Gasteiger partial charge in [-0.25, -0.2) is 4.98 Å². The average molecular weight is 325 g/mol. The Balaban J connectivity index is 1.48. The molecule has 5 nitrogen and oxygen atoms in total. The average Bonchev–Trinajstić information content (AvgIpc) is 2.67. The Morgan fingerprint density at radius 2 is 1.83 bits per heavy atom. The number of benzene rings is 1. The van der Waals surface area contributed by atoms with E-state index >= 15 is 0 Å². The number of carbonyl (C=O) groups is 1. The van der Waals surface area contributed by atoms with Crippen LogP contribution >= 0.6 is 0 Å². The Labute approximate surface area is 142 Å². The molecule has 3 rings (SSSR count). The van der Waals surface area contributed by atoms with Crippen molar-refractivity contribution in [2.24, 2.45) is 0 Å². The lowest BCUT2D eigenvalue weighted by Gasteiger charge is -2.34. The van der Waals surface area contributed by atoms with Gasteiger partial charge in [-0.15, -0.1) is 0 Å². The van der Waals surface area contributed by atoms with E-state index in [9.17, 15) is 4.79 Å². The number of carbonyl (C=O) groups excluding carboxylic acids is 1. The van der Waals surface area contributed by atoms with Gasteiger partial charge in [0.05, 0.1) is 12.7 Å². The highest BCUT2D eigenvalue weighted by atomic mass is 16.5. The number of hydrogen-bond donors (Lipinski definition) is 0. The van der Waals surface area contributed by atoms with E-state index < -0.39 is 0 Å². The predicted octanol–water partition coefficient (Wildman–Crippen LogP) is 2.09. The number of amides is 1. The first-order chi connectivity index (χ1) is 11.8. The maximum atomic E-state index is 12.5. The first kappa shape index (κ1) is 16.5. The summed E-state index contributed by atoms with van der Waals surface area (Å²) in [4.78, 5) is 20.9. The van der Waals surface area contributed by atoms with Crippen LogP contribution in [0, 0.1) is 0 Å². The monoisotopic (exact) mass is 325 g/mol. The maximum Gasteiger partial charge on any atom is 0.255 e. The van der Waals surface area contributed by atoms with Gasteiger partial charge in [0.15, 0.2) is 0 Å². The second kappa shape index (κ2) is 7.93. The van der Waals surface area contributed by atoms with Crippen molar-refractivity contribution < 1.29 is 9.53 Å². The van der Waals surface area contributed by atoms with Crippen LogP contribution in [-0.2, 0) is 6.42 Å². The van der Waals surface area contributed by atoms with Crippen molar-refractivity contribution in [3.05, 3.63) is 59.8 Å². The van der Waals surface area contributed by atoms with Gasteiger partial charge in [0, 0.05) is 45.0 Å². The van der Waals surface area contributed by atoms with Crippen molar-refractivity contribution in [1.29, 1.82) is 0 Å². The van der Waals surface area contributed by atoms with E-state index in [1.165, 1.54) is 5.56 Å². The lowest BCUT2D eigenvalue weighted by atomic mass is 10.1. The minimum Gasteiger partial charge on any atom is -0.481 e. The highest BCUT2D eigenvalue weighted by Crippen LogP contribution is 2.12. The SMILES string of the molecule is COc1ccc(C(=O)N2CCN(CCc3ccccc3)CC2)cn1. The fourth-order valence-electron chi connectivity index (χ4n) is 2.92. The highest BCUT2D eigenvalue weighted by Gasteiger charge is 2.22. The molecule has 0 spiro atoms. The molecule has 0 radical (unpaired) electrons.